The molecule has 0 spiro atoms. The van der Waals surface area contributed by atoms with E-state index in [2.05, 4.69) is 20.3 Å². The van der Waals surface area contributed by atoms with E-state index < -0.39 is 5.67 Å². The Bertz CT molecular complexity index is 571. The van der Waals surface area contributed by atoms with Crippen LogP contribution in [0.25, 0.3) is 0 Å². The Balaban J connectivity index is 2.01. The first-order chi connectivity index (χ1) is 9.45. The molecule has 2 rings (SSSR count). The van der Waals surface area contributed by atoms with Crippen LogP contribution in [-0.2, 0) is 5.67 Å². The predicted octanol–water partition coefficient (Wildman–Crippen LogP) is 2.11. The lowest BCUT2D eigenvalue weighted by Gasteiger charge is -2.14. The summed E-state index contributed by atoms with van der Waals surface area (Å²) < 4.78 is 19.2. The van der Waals surface area contributed by atoms with E-state index >= 15 is 0 Å². The van der Waals surface area contributed by atoms with Crippen molar-refractivity contribution in [2.24, 2.45) is 0 Å². The van der Waals surface area contributed by atoms with E-state index in [0.29, 0.717) is 5.75 Å². The molecule has 7 heteroatoms. The van der Waals surface area contributed by atoms with Gasteiger partial charge in [0.25, 0.3) is 0 Å². The van der Waals surface area contributed by atoms with Gasteiger partial charge in [0, 0.05) is 0 Å². The smallest absolute Gasteiger partial charge is 0.230 e. The lowest BCUT2D eigenvalue weighted by molar-refractivity contribution is 0.206. The molecule has 0 radical (unpaired) electrons. The van der Waals surface area contributed by atoms with E-state index in [9.17, 15) is 4.39 Å². The second kappa shape index (κ2) is 5.68. The summed E-state index contributed by atoms with van der Waals surface area (Å²) >= 11 is 0. The minimum Gasteiger partial charge on any atom is -0.473 e. The first kappa shape index (κ1) is 14.0. The zero-order valence-electron chi connectivity index (χ0n) is 11.3. The van der Waals surface area contributed by atoms with Crippen molar-refractivity contribution >= 4 is 11.9 Å². The highest BCUT2D eigenvalue weighted by Gasteiger charge is 2.24. The van der Waals surface area contributed by atoms with Crippen molar-refractivity contribution in [2.45, 2.75) is 19.5 Å². The minimum atomic E-state index is -1.69. The molecule has 0 bridgehead atoms. The largest absolute Gasteiger partial charge is 0.473 e. The number of nitrogens with zero attached hydrogens (tertiary/aromatic N) is 3. The van der Waals surface area contributed by atoms with Crippen LogP contribution in [0.2, 0.25) is 0 Å². The maximum atomic E-state index is 13.8. The topological polar surface area (TPSA) is 86.0 Å². The Morgan fingerprint density at radius 1 is 1.20 bits per heavy atom. The molecule has 1 heterocycles. The van der Waals surface area contributed by atoms with Gasteiger partial charge in [0.15, 0.2) is 18.2 Å². The number of nitrogen functional groups attached to an aromatic ring is 1. The van der Waals surface area contributed by atoms with E-state index in [4.69, 9.17) is 10.5 Å². The van der Waals surface area contributed by atoms with Crippen molar-refractivity contribution in [3.05, 3.63) is 36.2 Å². The molecule has 0 saturated carbocycles. The van der Waals surface area contributed by atoms with E-state index in [-0.39, 0.29) is 24.5 Å². The van der Waals surface area contributed by atoms with Crippen LogP contribution < -0.4 is 15.8 Å². The number of aromatic nitrogens is 3. The van der Waals surface area contributed by atoms with Crippen molar-refractivity contribution in [3.63, 3.8) is 0 Å². The number of hydrogen-bond acceptors (Lipinski definition) is 6. The Kier molecular flexibility index (Phi) is 3.97. The van der Waals surface area contributed by atoms with Crippen LogP contribution in [0.1, 0.15) is 19.7 Å². The van der Waals surface area contributed by atoms with Crippen molar-refractivity contribution in [3.8, 4) is 5.75 Å². The van der Waals surface area contributed by atoms with Crippen LogP contribution in [-0.4, -0.2) is 21.7 Å². The van der Waals surface area contributed by atoms with Gasteiger partial charge < -0.3 is 15.8 Å². The molecular weight excluding hydrogens is 261 g/mol. The van der Waals surface area contributed by atoms with Gasteiger partial charge in [-0.05, 0) is 26.0 Å². The summed E-state index contributed by atoms with van der Waals surface area (Å²) in [6.07, 6.45) is 0. The molecule has 106 valence electrons. The number of hydrogen-bond donors (Lipinski definition) is 2. The number of anilines is 2. The highest BCUT2D eigenvalue weighted by atomic mass is 19.1. The number of nitrogens with one attached hydrogen (secondary N) is 1. The van der Waals surface area contributed by atoms with Gasteiger partial charge in [-0.15, -0.1) is 0 Å². The summed E-state index contributed by atoms with van der Waals surface area (Å²) in [5.41, 5.74) is 3.84. The molecule has 2 aromatic rings. The molecule has 0 fully saturated rings. The lowest BCUT2D eigenvalue weighted by Crippen LogP contribution is -2.19. The van der Waals surface area contributed by atoms with Crippen LogP contribution in [0.4, 0.5) is 16.3 Å². The molecule has 0 aliphatic rings. The number of rotatable bonds is 5. The maximum Gasteiger partial charge on any atom is 0.230 e. The van der Waals surface area contributed by atoms with Crippen LogP contribution in [0.15, 0.2) is 30.3 Å². The third-order valence-electron chi connectivity index (χ3n) is 2.40. The van der Waals surface area contributed by atoms with Crippen LogP contribution in [0.5, 0.6) is 5.75 Å². The molecule has 0 aliphatic heterocycles. The third kappa shape index (κ3) is 3.78. The molecular formula is C13H16FN5O. The van der Waals surface area contributed by atoms with Gasteiger partial charge in [-0.25, -0.2) is 4.39 Å². The number of ether oxygens (including phenoxy) is 1. The first-order valence-corrected chi connectivity index (χ1v) is 6.08. The predicted molar refractivity (Wildman–Crippen MR) is 73.9 cm³/mol. The monoisotopic (exact) mass is 277 g/mol. The lowest BCUT2D eigenvalue weighted by atomic mass is 10.1. The Morgan fingerprint density at radius 3 is 2.55 bits per heavy atom. The SMILES string of the molecule is CC(C)(F)c1nc(N)nc(NCOc2ccccc2)n1. The van der Waals surface area contributed by atoms with Crippen molar-refractivity contribution < 1.29 is 9.13 Å². The van der Waals surface area contributed by atoms with Crippen molar-refractivity contribution in [1.82, 2.24) is 15.0 Å². The summed E-state index contributed by atoms with van der Waals surface area (Å²) in [6, 6.07) is 9.25. The average molecular weight is 277 g/mol. The molecule has 0 aliphatic carbocycles. The second-order valence-corrected chi connectivity index (χ2v) is 4.59. The fourth-order valence-electron chi connectivity index (χ4n) is 1.44. The van der Waals surface area contributed by atoms with E-state index in [1.807, 2.05) is 30.3 Å². The Labute approximate surface area is 116 Å². The Hall–Kier alpha value is -2.44. The fourth-order valence-corrected chi connectivity index (χ4v) is 1.44. The number of para-hydroxylation sites is 1. The molecule has 3 N–H and O–H groups in total. The van der Waals surface area contributed by atoms with Crippen molar-refractivity contribution in [1.29, 1.82) is 0 Å². The van der Waals surface area contributed by atoms with Gasteiger partial charge in [0.05, 0.1) is 0 Å². The van der Waals surface area contributed by atoms with E-state index in [0.717, 1.165) is 0 Å². The van der Waals surface area contributed by atoms with Crippen LogP contribution in [0.3, 0.4) is 0 Å². The van der Waals surface area contributed by atoms with Gasteiger partial charge in [-0.1, -0.05) is 18.2 Å². The van der Waals surface area contributed by atoms with Crippen molar-refractivity contribution in [2.75, 3.05) is 17.8 Å². The molecule has 0 atom stereocenters. The summed E-state index contributed by atoms with van der Waals surface area (Å²) in [6.45, 7) is 2.84. The molecule has 0 unspecified atom stereocenters. The highest BCUT2D eigenvalue weighted by Crippen LogP contribution is 2.21. The quantitative estimate of drug-likeness (QED) is 0.814. The number of benzene rings is 1. The summed E-state index contributed by atoms with van der Waals surface area (Å²) in [5.74, 6) is 0.817. The van der Waals surface area contributed by atoms with E-state index in [1.54, 1.807) is 0 Å². The standard InChI is InChI=1S/C13H16FN5O/c1-13(2,14)10-17-11(15)19-12(18-10)16-8-20-9-6-4-3-5-7-9/h3-7H,8H2,1-2H3,(H3,15,16,17,18,19). The summed E-state index contributed by atoms with van der Waals surface area (Å²) in [4.78, 5) is 11.6. The van der Waals surface area contributed by atoms with Gasteiger partial charge >= 0.3 is 0 Å². The molecule has 0 saturated heterocycles. The zero-order valence-corrected chi connectivity index (χ0v) is 11.3. The third-order valence-corrected chi connectivity index (χ3v) is 2.40. The van der Waals surface area contributed by atoms with Crippen LogP contribution in [0, 0.1) is 0 Å². The zero-order chi connectivity index (χ0) is 14.6. The van der Waals surface area contributed by atoms with Gasteiger partial charge in [0.1, 0.15) is 5.75 Å². The Morgan fingerprint density at radius 2 is 1.90 bits per heavy atom. The molecule has 1 aromatic heterocycles. The average Bonchev–Trinajstić information content (AvgIpc) is 2.38. The minimum absolute atomic E-state index is 0.0211. The fraction of sp³-hybridized carbons (Fsp3) is 0.308. The maximum absolute atomic E-state index is 13.8. The molecule has 6 nitrogen and oxygen atoms in total. The van der Waals surface area contributed by atoms with Gasteiger partial charge in [0.2, 0.25) is 11.9 Å². The van der Waals surface area contributed by atoms with E-state index in [1.165, 1.54) is 13.8 Å². The summed E-state index contributed by atoms with van der Waals surface area (Å²) in [5, 5.41) is 2.82. The van der Waals surface area contributed by atoms with Gasteiger partial charge in [-0.2, -0.15) is 15.0 Å². The molecule has 0 amide bonds. The highest BCUT2D eigenvalue weighted by molar-refractivity contribution is 5.32. The number of nitrogens with two attached hydrogens (primary N) is 1. The number of alkyl halides is 1. The normalized spacial score (nSPS) is 11.2. The van der Waals surface area contributed by atoms with Gasteiger partial charge in [-0.3, -0.25) is 0 Å². The first-order valence-electron chi connectivity index (χ1n) is 6.08. The molecule has 1 aromatic carbocycles. The molecule has 20 heavy (non-hydrogen) atoms. The second-order valence-electron chi connectivity index (χ2n) is 4.59. The number of halogens is 1. The summed E-state index contributed by atoms with van der Waals surface area (Å²) in [7, 11) is 0. The van der Waals surface area contributed by atoms with Crippen LogP contribution >= 0.6 is 0 Å².